The first kappa shape index (κ1) is 17.3. The number of carboxylic acids is 1. The second-order valence-electron chi connectivity index (χ2n) is 5.15. The molecule has 0 spiro atoms. The minimum atomic E-state index is -4.14. The summed E-state index contributed by atoms with van der Waals surface area (Å²) in [4.78, 5) is 21.7. The molecular weight excluding hydrogens is 334 g/mol. The summed E-state index contributed by atoms with van der Waals surface area (Å²) < 4.78 is 52.7. The normalized spacial score (nSPS) is 21.7. The van der Waals surface area contributed by atoms with Crippen molar-refractivity contribution >= 4 is 21.9 Å². The first-order chi connectivity index (χ1) is 10.6. The van der Waals surface area contributed by atoms with Crippen molar-refractivity contribution in [2.45, 2.75) is 17.2 Å². The molecule has 1 saturated heterocycles. The first-order valence-corrected chi connectivity index (χ1v) is 8.00. The van der Waals surface area contributed by atoms with Crippen molar-refractivity contribution in [1.82, 2.24) is 4.31 Å². The van der Waals surface area contributed by atoms with Crippen LogP contribution in [0.25, 0.3) is 0 Å². The summed E-state index contributed by atoms with van der Waals surface area (Å²) in [5.41, 5.74) is 5.14. The maximum Gasteiger partial charge on any atom is 0.313 e. The second kappa shape index (κ2) is 5.85. The molecule has 1 aliphatic rings. The van der Waals surface area contributed by atoms with E-state index in [-0.39, 0.29) is 10.5 Å². The predicted octanol–water partition coefficient (Wildman–Crippen LogP) is 0.516. The van der Waals surface area contributed by atoms with Gasteiger partial charge in [0.15, 0.2) is 0 Å². The zero-order chi connectivity index (χ0) is 17.4. The molecule has 3 N–H and O–H groups in total. The Labute approximate surface area is 130 Å². The summed E-state index contributed by atoms with van der Waals surface area (Å²) in [7, 11) is -4.14. The number of amides is 1. The van der Waals surface area contributed by atoms with Gasteiger partial charge in [0.1, 0.15) is 5.92 Å². The minimum Gasteiger partial charge on any atom is -0.481 e. The smallest absolute Gasteiger partial charge is 0.313 e. The van der Waals surface area contributed by atoms with Gasteiger partial charge in [0.05, 0.1) is 4.90 Å². The highest BCUT2D eigenvalue weighted by Gasteiger charge is 2.50. The van der Waals surface area contributed by atoms with Gasteiger partial charge < -0.3 is 10.8 Å². The molecule has 23 heavy (non-hydrogen) atoms. The Balaban J connectivity index is 2.29. The fourth-order valence-corrected chi connectivity index (χ4v) is 3.75. The van der Waals surface area contributed by atoms with Gasteiger partial charge in [-0.15, -0.1) is 0 Å². The summed E-state index contributed by atoms with van der Waals surface area (Å²) >= 11 is 0. The number of halogens is 2. The molecule has 1 amide bonds. The van der Waals surface area contributed by atoms with Crippen molar-refractivity contribution in [2.75, 3.05) is 13.1 Å². The number of hydrogen-bond donors (Lipinski definition) is 2. The van der Waals surface area contributed by atoms with Gasteiger partial charge >= 0.3 is 5.97 Å². The lowest BCUT2D eigenvalue weighted by atomic mass is 9.95. The number of primary amides is 1. The van der Waals surface area contributed by atoms with Crippen LogP contribution in [0.5, 0.6) is 0 Å². The van der Waals surface area contributed by atoms with E-state index in [0.717, 1.165) is 12.1 Å². The summed E-state index contributed by atoms with van der Waals surface area (Å²) in [5.74, 6) is -8.05. The van der Waals surface area contributed by atoms with E-state index in [1.54, 1.807) is 0 Å². The van der Waals surface area contributed by atoms with Gasteiger partial charge in [0, 0.05) is 25.1 Å². The number of carboxylic acid groups (broad SMARTS) is 1. The number of rotatable bonds is 4. The molecule has 126 valence electrons. The summed E-state index contributed by atoms with van der Waals surface area (Å²) in [6.45, 7) is -1.31. The standard InChI is InChI=1S/C13H14F2N2O5S/c14-13(15)5-6-17(7-10(13)12(19)20)23(21,22)9-3-1-8(2-4-9)11(16)18/h1-4,10H,5-7H2,(H2,16,18)(H,19,20). The van der Waals surface area contributed by atoms with E-state index in [1.807, 2.05) is 0 Å². The average molecular weight is 348 g/mol. The Kier molecular flexibility index (Phi) is 4.40. The summed E-state index contributed by atoms with van der Waals surface area (Å²) in [6, 6.07) is 4.64. The maximum atomic E-state index is 13.6. The Morgan fingerprint density at radius 1 is 1.26 bits per heavy atom. The summed E-state index contributed by atoms with van der Waals surface area (Å²) in [6.07, 6.45) is -0.872. The highest BCUT2D eigenvalue weighted by atomic mass is 32.2. The molecular formula is C13H14F2N2O5S. The number of nitrogens with zero attached hydrogens (tertiary/aromatic N) is 1. The van der Waals surface area contributed by atoms with Crippen molar-refractivity contribution in [3.8, 4) is 0 Å². The van der Waals surface area contributed by atoms with E-state index in [9.17, 15) is 26.8 Å². The molecule has 1 heterocycles. The van der Waals surface area contributed by atoms with E-state index < -0.39 is 53.3 Å². The third-order valence-corrected chi connectivity index (χ3v) is 5.54. The number of carbonyl (C=O) groups is 2. The van der Waals surface area contributed by atoms with Crippen LogP contribution in [-0.2, 0) is 14.8 Å². The molecule has 0 radical (unpaired) electrons. The van der Waals surface area contributed by atoms with Gasteiger partial charge in [-0.1, -0.05) is 0 Å². The molecule has 1 unspecified atom stereocenters. The van der Waals surface area contributed by atoms with Crippen molar-refractivity contribution in [1.29, 1.82) is 0 Å². The van der Waals surface area contributed by atoms with Crippen molar-refractivity contribution in [3.63, 3.8) is 0 Å². The Morgan fingerprint density at radius 2 is 1.83 bits per heavy atom. The molecule has 0 aliphatic carbocycles. The lowest BCUT2D eigenvalue weighted by Gasteiger charge is -2.35. The number of benzene rings is 1. The third kappa shape index (κ3) is 3.32. The first-order valence-electron chi connectivity index (χ1n) is 6.56. The van der Waals surface area contributed by atoms with Crippen LogP contribution in [0.15, 0.2) is 29.2 Å². The number of aliphatic carboxylic acids is 1. The quantitative estimate of drug-likeness (QED) is 0.822. The van der Waals surface area contributed by atoms with Crippen molar-refractivity contribution in [2.24, 2.45) is 11.7 Å². The van der Waals surface area contributed by atoms with E-state index >= 15 is 0 Å². The zero-order valence-electron chi connectivity index (χ0n) is 11.8. The van der Waals surface area contributed by atoms with Crippen LogP contribution < -0.4 is 5.73 Å². The number of hydrogen-bond acceptors (Lipinski definition) is 4. The van der Waals surface area contributed by atoms with E-state index in [0.29, 0.717) is 4.31 Å². The number of sulfonamides is 1. The molecule has 0 bridgehead atoms. The maximum absolute atomic E-state index is 13.6. The molecule has 7 nitrogen and oxygen atoms in total. The monoisotopic (exact) mass is 348 g/mol. The number of nitrogens with two attached hydrogens (primary N) is 1. The van der Waals surface area contributed by atoms with E-state index in [4.69, 9.17) is 10.8 Å². The average Bonchev–Trinajstić information content (AvgIpc) is 2.46. The molecule has 0 saturated carbocycles. The molecule has 1 aromatic carbocycles. The van der Waals surface area contributed by atoms with Crippen molar-refractivity contribution in [3.05, 3.63) is 29.8 Å². The SMILES string of the molecule is NC(=O)c1ccc(S(=O)(=O)N2CCC(F)(F)C(C(=O)O)C2)cc1. The van der Waals surface area contributed by atoms with Gasteiger partial charge in [-0.2, -0.15) is 4.31 Å². The van der Waals surface area contributed by atoms with Crippen LogP contribution in [-0.4, -0.2) is 48.7 Å². The number of carbonyl (C=O) groups excluding carboxylic acids is 1. The molecule has 1 atom stereocenters. The van der Waals surface area contributed by atoms with E-state index in [1.165, 1.54) is 12.1 Å². The van der Waals surface area contributed by atoms with Crippen molar-refractivity contribution < 1.29 is 31.9 Å². The topological polar surface area (TPSA) is 118 Å². The highest BCUT2D eigenvalue weighted by Crippen LogP contribution is 2.35. The predicted molar refractivity (Wildman–Crippen MR) is 74.4 cm³/mol. The van der Waals surface area contributed by atoms with Crippen LogP contribution in [0.3, 0.4) is 0 Å². The van der Waals surface area contributed by atoms with E-state index in [2.05, 4.69) is 0 Å². The Bertz CT molecular complexity index is 733. The van der Waals surface area contributed by atoms with Crippen LogP contribution in [0.1, 0.15) is 16.8 Å². The van der Waals surface area contributed by atoms with Crippen LogP contribution in [0.2, 0.25) is 0 Å². The third-order valence-electron chi connectivity index (χ3n) is 3.67. The molecule has 2 rings (SSSR count). The minimum absolute atomic E-state index is 0.0949. The van der Waals surface area contributed by atoms with Crippen LogP contribution in [0, 0.1) is 5.92 Å². The Morgan fingerprint density at radius 3 is 2.30 bits per heavy atom. The van der Waals surface area contributed by atoms with Gasteiger partial charge in [-0.05, 0) is 24.3 Å². The molecule has 10 heteroatoms. The van der Waals surface area contributed by atoms with Gasteiger partial charge in [0.25, 0.3) is 5.92 Å². The van der Waals surface area contributed by atoms with Crippen LogP contribution >= 0.6 is 0 Å². The second-order valence-corrected chi connectivity index (χ2v) is 7.09. The Hall–Kier alpha value is -2.07. The molecule has 1 fully saturated rings. The van der Waals surface area contributed by atoms with Crippen LogP contribution in [0.4, 0.5) is 8.78 Å². The summed E-state index contributed by atoms with van der Waals surface area (Å²) in [5, 5.41) is 8.87. The largest absolute Gasteiger partial charge is 0.481 e. The zero-order valence-corrected chi connectivity index (χ0v) is 12.6. The molecule has 1 aromatic rings. The fraction of sp³-hybridized carbons (Fsp3) is 0.385. The lowest BCUT2D eigenvalue weighted by Crippen LogP contribution is -2.52. The molecule has 0 aromatic heterocycles. The van der Waals surface area contributed by atoms with Gasteiger partial charge in [-0.3, -0.25) is 9.59 Å². The van der Waals surface area contributed by atoms with Gasteiger partial charge in [-0.25, -0.2) is 17.2 Å². The molecule has 1 aliphatic heterocycles. The number of piperidine rings is 1. The highest BCUT2D eigenvalue weighted by molar-refractivity contribution is 7.89. The lowest BCUT2D eigenvalue weighted by molar-refractivity contribution is -0.163. The van der Waals surface area contributed by atoms with Gasteiger partial charge in [0.2, 0.25) is 15.9 Å². The number of alkyl halides is 2. The fourth-order valence-electron chi connectivity index (χ4n) is 2.29.